The monoisotopic (exact) mass is 245 g/mol. The number of piperidine rings is 1. The lowest BCUT2D eigenvalue weighted by Crippen LogP contribution is -2.50. The minimum atomic E-state index is -0.467. The van der Waals surface area contributed by atoms with Gasteiger partial charge in [-0.05, 0) is 33.6 Å². The summed E-state index contributed by atoms with van der Waals surface area (Å²) >= 11 is 0. The van der Waals surface area contributed by atoms with Crippen LogP contribution >= 0.6 is 0 Å². The van der Waals surface area contributed by atoms with Crippen molar-refractivity contribution < 1.29 is 14.4 Å². The number of nitrogens with zero attached hydrogens (tertiary/aromatic N) is 1. The maximum Gasteiger partial charge on any atom is 0.422 e. The molecule has 6 nitrogen and oxygen atoms in total. The zero-order valence-corrected chi connectivity index (χ0v) is 11.1. The van der Waals surface area contributed by atoms with E-state index in [0.29, 0.717) is 0 Å². The van der Waals surface area contributed by atoms with Crippen LogP contribution in [0.3, 0.4) is 0 Å². The average Bonchev–Trinajstić information content (AvgIpc) is 2.25. The van der Waals surface area contributed by atoms with E-state index in [1.165, 1.54) is 0 Å². The van der Waals surface area contributed by atoms with Gasteiger partial charge in [0.1, 0.15) is 5.60 Å². The Morgan fingerprint density at radius 3 is 2.35 bits per heavy atom. The first-order chi connectivity index (χ1) is 7.90. The van der Waals surface area contributed by atoms with Gasteiger partial charge in [0.25, 0.3) is 0 Å². The topological polar surface area (TPSA) is 62.8 Å². The highest BCUT2D eigenvalue weighted by Crippen LogP contribution is 2.09. The van der Waals surface area contributed by atoms with E-state index in [1.54, 1.807) is 7.11 Å². The van der Waals surface area contributed by atoms with Crippen LogP contribution in [0.25, 0.3) is 0 Å². The van der Waals surface area contributed by atoms with Crippen LogP contribution < -0.4 is 10.9 Å². The highest BCUT2D eigenvalue weighted by Gasteiger charge is 2.20. The van der Waals surface area contributed by atoms with Crippen molar-refractivity contribution >= 4 is 6.09 Å². The van der Waals surface area contributed by atoms with Crippen LogP contribution in [0.15, 0.2) is 0 Å². The molecule has 1 saturated heterocycles. The van der Waals surface area contributed by atoms with Crippen molar-refractivity contribution in [3.63, 3.8) is 0 Å². The number of rotatable bonds is 3. The second kappa shape index (κ2) is 6.18. The highest BCUT2D eigenvalue weighted by atomic mass is 16.7. The standard InChI is InChI=1S/C11H23N3O3/c1-11(2,3)17-10(15)13-12-9-5-7-14(16-4)8-6-9/h9,12H,5-8H2,1-4H3,(H,13,15). The predicted molar refractivity (Wildman–Crippen MR) is 64.1 cm³/mol. The number of ether oxygens (including phenoxy) is 1. The minimum absolute atomic E-state index is 0.272. The first kappa shape index (κ1) is 14.2. The van der Waals surface area contributed by atoms with Gasteiger partial charge in [-0.25, -0.2) is 10.2 Å². The summed E-state index contributed by atoms with van der Waals surface area (Å²) < 4.78 is 5.12. The summed E-state index contributed by atoms with van der Waals surface area (Å²) in [5, 5.41) is 1.91. The van der Waals surface area contributed by atoms with Crippen molar-refractivity contribution in [3.8, 4) is 0 Å². The summed E-state index contributed by atoms with van der Waals surface area (Å²) in [5.74, 6) is 0. The van der Waals surface area contributed by atoms with Crippen LogP contribution in [0, 0.1) is 0 Å². The molecule has 0 bridgehead atoms. The number of nitrogens with one attached hydrogen (secondary N) is 2. The maximum atomic E-state index is 11.4. The lowest BCUT2D eigenvalue weighted by atomic mass is 10.1. The van der Waals surface area contributed by atoms with Gasteiger partial charge in [-0.2, -0.15) is 5.06 Å². The van der Waals surface area contributed by atoms with Crippen molar-refractivity contribution in [2.24, 2.45) is 0 Å². The lowest BCUT2D eigenvalue weighted by Gasteiger charge is -2.30. The van der Waals surface area contributed by atoms with Crippen LogP contribution in [0.1, 0.15) is 33.6 Å². The van der Waals surface area contributed by atoms with E-state index in [9.17, 15) is 4.79 Å². The molecule has 2 N–H and O–H groups in total. The highest BCUT2D eigenvalue weighted by molar-refractivity contribution is 5.67. The molecular formula is C11H23N3O3. The molecule has 1 aliphatic rings. The van der Waals surface area contributed by atoms with Crippen molar-refractivity contribution in [3.05, 3.63) is 0 Å². The minimum Gasteiger partial charge on any atom is -0.443 e. The summed E-state index contributed by atoms with van der Waals surface area (Å²) in [4.78, 5) is 16.5. The quantitative estimate of drug-likeness (QED) is 0.727. The van der Waals surface area contributed by atoms with Crippen LogP contribution in [0.5, 0.6) is 0 Å². The van der Waals surface area contributed by atoms with E-state index in [-0.39, 0.29) is 6.04 Å². The van der Waals surface area contributed by atoms with Gasteiger partial charge in [0.15, 0.2) is 0 Å². The molecule has 0 atom stereocenters. The fourth-order valence-electron chi connectivity index (χ4n) is 1.65. The Bertz CT molecular complexity index is 245. The zero-order chi connectivity index (χ0) is 12.9. The molecular weight excluding hydrogens is 222 g/mol. The molecule has 0 aromatic heterocycles. The summed E-state index contributed by atoms with van der Waals surface area (Å²) in [7, 11) is 1.67. The van der Waals surface area contributed by atoms with Gasteiger partial charge in [0.05, 0.1) is 7.11 Å². The molecule has 0 radical (unpaired) electrons. The van der Waals surface area contributed by atoms with Gasteiger partial charge in [-0.1, -0.05) is 0 Å². The Labute approximate surface area is 103 Å². The molecule has 1 amide bonds. The second-order valence-electron chi connectivity index (χ2n) is 5.16. The normalized spacial score (nSPS) is 19.1. The van der Waals surface area contributed by atoms with Crippen molar-refractivity contribution in [1.82, 2.24) is 15.9 Å². The first-order valence-electron chi connectivity index (χ1n) is 5.94. The smallest absolute Gasteiger partial charge is 0.422 e. The van der Waals surface area contributed by atoms with Gasteiger partial charge in [-0.3, -0.25) is 5.43 Å². The number of hydrogen-bond donors (Lipinski definition) is 2. The molecule has 0 saturated carbocycles. The van der Waals surface area contributed by atoms with E-state index >= 15 is 0 Å². The molecule has 0 aromatic carbocycles. The SMILES string of the molecule is CON1CCC(NNC(=O)OC(C)(C)C)CC1. The van der Waals surface area contributed by atoms with E-state index in [2.05, 4.69) is 10.9 Å². The van der Waals surface area contributed by atoms with Crippen LogP contribution in [-0.2, 0) is 9.57 Å². The largest absolute Gasteiger partial charge is 0.443 e. The fraction of sp³-hybridized carbons (Fsp3) is 0.909. The molecule has 100 valence electrons. The molecule has 1 aliphatic heterocycles. The molecule has 0 aliphatic carbocycles. The van der Waals surface area contributed by atoms with Gasteiger partial charge in [0, 0.05) is 19.1 Å². The van der Waals surface area contributed by atoms with Crippen LogP contribution in [0.2, 0.25) is 0 Å². The number of carbonyl (C=O) groups is 1. The first-order valence-corrected chi connectivity index (χ1v) is 5.94. The summed E-state index contributed by atoms with van der Waals surface area (Å²) in [6.45, 7) is 7.24. The van der Waals surface area contributed by atoms with Crippen molar-refractivity contribution in [1.29, 1.82) is 0 Å². The van der Waals surface area contributed by atoms with Gasteiger partial charge in [0.2, 0.25) is 0 Å². The molecule has 17 heavy (non-hydrogen) atoms. The summed E-state index contributed by atoms with van der Waals surface area (Å²) in [5.41, 5.74) is 5.09. The molecule has 1 heterocycles. The molecule has 0 spiro atoms. The third kappa shape index (κ3) is 5.86. The summed E-state index contributed by atoms with van der Waals surface area (Å²) in [6.07, 6.45) is 1.43. The van der Waals surface area contributed by atoms with E-state index in [0.717, 1.165) is 25.9 Å². The van der Waals surface area contributed by atoms with E-state index in [4.69, 9.17) is 9.57 Å². The van der Waals surface area contributed by atoms with E-state index in [1.807, 2.05) is 25.8 Å². The second-order valence-corrected chi connectivity index (χ2v) is 5.16. The average molecular weight is 245 g/mol. The molecule has 0 aromatic rings. The molecule has 1 rings (SSSR count). The Hall–Kier alpha value is -0.850. The lowest BCUT2D eigenvalue weighted by molar-refractivity contribution is -0.145. The van der Waals surface area contributed by atoms with Crippen LogP contribution in [0.4, 0.5) is 4.79 Å². The molecule has 1 fully saturated rings. The Kier molecular flexibility index (Phi) is 5.17. The molecule has 6 heteroatoms. The number of hydrazine groups is 1. The van der Waals surface area contributed by atoms with Gasteiger partial charge >= 0.3 is 6.09 Å². The molecule has 0 unspecified atom stereocenters. The Morgan fingerprint density at radius 1 is 1.29 bits per heavy atom. The number of amides is 1. The maximum absolute atomic E-state index is 11.4. The number of hydroxylamine groups is 2. The summed E-state index contributed by atoms with van der Waals surface area (Å²) in [6, 6.07) is 0.272. The zero-order valence-electron chi connectivity index (χ0n) is 11.1. The fourth-order valence-corrected chi connectivity index (χ4v) is 1.65. The number of carbonyl (C=O) groups excluding carboxylic acids is 1. The van der Waals surface area contributed by atoms with Crippen molar-refractivity contribution in [2.45, 2.75) is 45.3 Å². The Morgan fingerprint density at radius 2 is 1.88 bits per heavy atom. The number of hydrogen-bond acceptors (Lipinski definition) is 5. The third-order valence-corrected chi connectivity index (χ3v) is 2.49. The van der Waals surface area contributed by atoms with Gasteiger partial charge < -0.3 is 9.57 Å². The van der Waals surface area contributed by atoms with Crippen LogP contribution in [-0.4, -0.2) is 43.0 Å². The van der Waals surface area contributed by atoms with E-state index < -0.39 is 11.7 Å². The third-order valence-electron chi connectivity index (χ3n) is 2.49. The Balaban J connectivity index is 2.17. The van der Waals surface area contributed by atoms with Gasteiger partial charge in [-0.15, -0.1) is 0 Å². The predicted octanol–water partition coefficient (Wildman–Crippen LogP) is 1.04. The van der Waals surface area contributed by atoms with Crippen molar-refractivity contribution in [2.75, 3.05) is 20.2 Å².